The van der Waals surface area contributed by atoms with Crippen molar-refractivity contribution in [3.05, 3.63) is 123 Å². The molecule has 3 aromatic carbocycles. The maximum atomic E-state index is 13.7. The van der Waals surface area contributed by atoms with Crippen molar-refractivity contribution in [2.45, 2.75) is 26.5 Å². The van der Waals surface area contributed by atoms with Gasteiger partial charge >= 0.3 is 0 Å². The maximum Gasteiger partial charge on any atom is 0.296 e. The number of Topliss-reactive ketones (excluding diaryl/α,β-unsaturated/α-hetero) is 1. The fraction of sp³-hybridized carbons (Fsp3) is 0.129. The monoisotopic (exact) mass is 552 g/mol. The van der Waals surface area contributed by atoms with Gasteiger partial charge in [0, 0.05) is 0 Å². The summed E-state index contributed by atoms with van der Waals surface area (Å²) in [4.78, 5) is 33.9. The third kappa shape index (κ3) is 4.62. The van der Waals surface area contributed by atoms with E-state index in [-0.39, 0.29) is 11.4 Å². The summed E-state index contributed by atoms with van der Waals surface area (Å²) in [6.07, 6.45) is 0. The Hall–Kier alpha value is -4.27. The summed E-state index contributed by atoms with van der Waals surface area (Å²) in [7, 11) is 0. The number of carbonyl (C=O) groups excluding carboxylic acids is 2. The molecule has 6 nitrogen and oxygen atoms in total. The molecular formula is C31H24N2O4S2. The predicted octanol–water partition coefficient (Wildman–Crippen LogP) is 7.34. The lowest BCUT2D eigenvalue weighted by atomic mass is 9.95. The largest absolute Gasteiger partial charge is 0.503 e. The topological polar surface area (TPSA) is 79.7 Å². The molecular weight excluding hydrogens is 528 g/mol. The minimum Gasteiger partial charge on any atom is -0.503 e. The summed E-state index contributed by atoms with van der Waals surface area (Å²) in [6.45, 7) is 4.37. The molecule has 1 aliphatic rings. The van der Waals surface area contributed by atoms with Gasteiger partial charge in [0.05, 0.1) is 26.7 Å². The van der Waals surface area contributed by atoms with Crippen LogP contribution in [0.4, 0.5) is 5.13 Å². The number of thiophene rings is 1. The quantitative estimate of drug-likeness (QED) is 0.214. The number of fused-ring (bicyclic) bond motifs is 1. The van der Waals surface area contributed by atoms with E-state index >= 15 is 0 Å². The van der Waals surface area contributed by atoms with Crippen molar-refractivity contribution in [1.29, 1.82) is 0 Å². The summed E-state index contributed by atoms with van der Waals surface area (Å²) in [5.74, 6) is -0.994. The molecule has 0 spiro atoms. The second-order valence-corrected chi connectivity index (χ2v) is 11.4. The molecule has 1 aliphatic heterocycles. The van der Waals surface area contributed by atoms with Crippen molar-refractivity contribution in [3.63, 3.8) is 0 Å². The molecule has 1 atom stereocenters. The predicted molar refractivity (Wildman–Crippen MR) is 155 cm³/mol. The molecule has 6 rings (SSSR count). The lowest BCUT2D eigenvalue weighted by Crippen LogP contribution is -2.31. The first-order valence-corrected chi connectivity index (χ1v) is 14.1. The fourth-order valence-corrected chi connectivity index (χ4v) is 6.71. The third-order valence-corrected chi connectivity index (χ3v) is 8.51. The smallest absolute Gasteiger partial charge is 0.296 e. The molecule has 0 aliphatic carbocycles. The number of aliphatic hydroxyl groups excluding tert-OH is 1. The number of amides is 1. The first-order valence-electron chi connectivity index (χ1n) is 12.4. The minimum absolute atomic E-state index is 0.0369. The van der Waals surface area contributed by atoms with E-state index in [1.165, 1.54) is 27.6 Å². The van der Waals surface area contributed by atoms with Crippen LogP contribution in [-0.4, -0.2) is 21.8 Å². The van der Waals surface area contributed by atoms with Crippen LogP contribution >= 0.6 is 22.7 Å². The molecule has 0 saturated heterocycles. The molecule has 0 fully saturated rings. The summed E-state index contributed by atoms with van der Waals surface area (Å²) in [6, 6.07) is 23.8. The second-order valence-electron chi connectivity index (χ2n) is 9.42. The van der Waals surface area contributed by atoms with Gasteiger partial charge in [-0.1, -0.05) is 65.9 Å². The molecule has 8 heteroatoms. The number of thiazole rings is 1. The van der Waals surface area contributed by atoms with Crippen LogP contribution in [0.5, 0.6) is 5.75 Å². The van der Waals surface area contributed by atoms with Crippen molar-refractivity contribution >= 4 is 49.7 Å². The molecule has 0 radical (unpaired) electrons. The van der Waals surface area contributed by atoms with Gasteiger partial charge in [-0.2, -0.15) is 0 Å². The average Bonchev–Trinajstić information content (AvgIpc) is 3.67. The normalized spacial score (nSPS) is 15.4. The molecule has 0 bridgehead atoms. The highest BCUT2D eigenvalue weighted by Gasteiger charge is 2.46. The molecule has 0 saturated carbocycles. The number of nitrogens with zero attached hydrogens (tertiary/aromatic N) is 2. The fourth-order valence-electron chi connectivity index (χ4n) is 4.87. The van der Waals surface area contributed by atoms with Gasteiger partial charge in [-0.3, -0.25) is 14.5 Å². The lowest BCUT2D eigenvalue weighted by Gasteiger charge is -2.24. The van der Waals surface area contributed by atoms with Gasteiger partial charge in [-0.25, -0.2) is 4.98 Å². The lowest BCUT2D eigenvalue weighted by molar-refractivity contribution is -0.117. The van der Waals surface area contributed by atoms with Crippen LogP contribution < -0.4 is 9.64 Å². The Morgan fingerprint density at radius 2 is 1.85 bits per heavy atom. The number of aliphatic hydroxyl groups is 1. The summed E-state index contributed by atoms with van der Waals surface area (Å²) < 4.78 is 6.99. The standard InChI is InChI=1S/C31H24N2O4S2/c1-18-14-19(2)26-24(15-18)39-31(32-26)33-27(25(29(35)30(33)36)28(34)23-12-7-13-38-23)21-10-6-11-22(16-21)37-17-20-8-4-3-5-9-20/h3-16,27,35H,17H2,1-2H3. The van der Waals surface area contributed by atoms with E-state index in [1.807, 2.05) is 80.6 Å². The van der Waals surface area contributed by atoms with Crippen LogP contribution in [0.2, 0.25) is 0 Å². The Labute approximate surface area is 233 Å². The van der Waals surface area contributed by atoms with Gasteiger partial charge in [0.1, 0.15) is 12.4 Å². The number of hydrogen-bond donors (Lipinski definition) is 1. The van der Waals surface area contributed by atoms with Gasteiger partial charge in [0.25, 0.3) is 5.91 Å². The van der Waals surface area contributed by atoms with Gasteiger partial charge in [0.15, 0.2) is 10.9 Å². The molecule has 3 heterocycles. The van der Waals surface area contributed by atoms with Crippen LogP contribution in [0.1, 0.15) is 38.0 Å². The van der Waals surface area contributed by atoms with E-state index in [1.54, 1.807) is 17.5 Å². The molecule has 1 amide bonds. The van der Waals surface area contributed by atoms with E-state index in [0.29, 0.717) is 27.9 Å². The van der Waals surface area contributed by atoms with Gasteiger partial charge < -0.3 is 9.84 Å². The van der Waals surface area contributed by atoms with Crippen LogP contribution in [0.15, 0.2) is 95.6 Å². The van der Waals surface area contributed by atoms with Gasteiger partial charge in [-0.05, 0) is 65.7 Å². The zero-order valence-electron chi connectivity index (χ0n) is 21.3. The first-order chi connectivity index (χ1) is 18.9. The number of benzene rings is 3. The van der Waals surface area contributed by atoms with Crippen LogP contribution in [-0.2, 0) is 11.4 Å². The number of carbonyl (C=O) groups is 2. The minimum atomic E-state index is -0.866. The zero-order valence-corrected chi connectivity index (χ0v) is 22.9. The van der Waals surface area contributed by atoms with Gasteiger partial charge in [0.2, 0.25) is 5.78 Å². The van der Waals surface area contributed by atoms with Crippen molar-refractivity contribution in [2.24, 2.45) is 0 Å². The Kier molecular flexibility index (Phi) is 6.50. The highest BCUT2D eigenvalue weighted by Crippen LogP contribution is 2.45. The Morgan fingerprint density at radius 1 is 1.03 bits per heavy atom. The molecule has 1 unspecified atom stereocenters. The molecule has 39 heavy (non-hydrogen) atoms. The molecule has 1 N–H and O–H groups in total. The van der Waals surface area contributed by atoms with Crippen molar-refractivity contribution in [1.82, 2.24) is 4.98 Å². The van der Waals surface area contributed by atoms with Crippen molar-refractivity contribution in [3.8, 4) is 5.75 Å². The van der Waals surface area contributed by atoms with E-state index < -0.39 is 17.7 Å². The van der Waals surface area contributed by atoms with Crippen LogP contribution in [0.3, 0.4) is 0 Å². The van der Waals surface area contributed by atoms with Crippen LogP contribution in [0, 0.1) is 13.8 Å². The first kappa shape index (κ1) is 25.0. The van der Waals surface area contributed by atoms with Crippen molar-refractivity contribution in [2.75, 3.05) is 4.90 Å². The maximum absolute atomic E-state index is 13.7. The molecule has 5 aromatic rings. The van der Waals surface area contributed by atoms with Crippen LogP contribution in [0.25, 0.3) is 10.2 Å². The van der Waals surface area contributed by atoms with Crippen molar-refractivity contribution < 1.29 is 19.4 Å². The summed E-state index contributed by atoms with van der Waals surface area (Å²) in [5, 5.41) is 13.3. The van der Waals surface area contributed by atoms with E-state index in [2.05, 4.69) is 0 Å². The number of aryl methyl sites for hydroxylation is 2. The summed E-state index contributed by atoms with van der Waals surface area (Å²) >= 11 is 2.64. The highest BCUT2D eigenvalue weighted by atomic mass is 32.1. The average molecular weight is 553 g/mol. The van der Waals surface area contributed by atoms with E-state index in [0.717, 1.165) is 26.9 Å². The SMILES string of the molecule is Cc1cc(C)c2nc(N3C(=O)C(O)=C(C(=O)c4cccs4)C3c3cccc(OCc4ccccc4)c3)sc2c1. The second kappa shape index (κ2) is 10.1. The Bertz CT molecular complexity index is 1740. The molecule has 194 valence electrons. The van der Waals surface area contributed by atoms with E-state index in [9.17, 15) is 14.7 Å². The number of anilines is 1. The summed E-state index contributed by atoms with van der Waals surface area (Å²) in [5.41, 5.74) is 4.59. The third-order valence-electron chi connectivity index (χ3n) is 6.64. The van der Waals surface area contributed by atoms with E-state index in [4.69, 9.17) is 9.72 Å². The number of aromatic nitrogens is 1. The number of rotatable bonds is 7. The zero-order chi connectivity index (χ0) is 27.1. The number of hydrogen-bond acceptors (Lipinski definition) is 7. The highest BCUT2D eigenvalue weighted by molar-refractivity contribution is 7.22. The Morgan fingerprint density at radius 3 is 2.62 bits per heavy atom. The Balaban J connectivity index is 1.45. The van der Waals surface area contributed by atoms with Gasteiger partial charge in [-0.15, -0.1) is 11.3 Å². The number of ketones is 1. The molecule has 2 aromatic heterocycles. The number of ether oxygens (including phenoxy) is 1.